The smallest absolute Gasteiger partial charge is 0.349 e. The molecule has 1 aromatic carbocycles. The first-order valence-electron chi connectivity index (χ1n) is 4.40. The minimum atomic E-state index is -0.708. The molecular weight excluding hydrogens is 212 g/mol. The Kier molecular flexibility index (Phi) is 4.08. The van der Waals surface area contributed by atoms with Crippen LogP contribution in [0.1, 0.15) is 0 Å². The van der Waals surface area contributed by atoms with Crippen molar-refractivity contribution in [2.75, 3.05) is 6.61 Å². The highest BCUT2D eigenvalue weighted by Crippen LogP contribution is 2.15. The van der Waals surface area contributed by atoms with Crippen molar-refractivity contribution < 1.29 is 24.2 Å². The van der Waals surface area contributed by atoms with Crippen molar-refractivity contribution in [1.82, 2.24) is 0 Å². The molecule has 0 heterocycles. The van der Waals surface area contributed by atoms with Crippen LogP contribution in [0.15, 0.2) is 36.9 Å². The molecule has 0 bridgehead atoms. The third-order valence-electron chi connectivity index (χ3n) is 1.57. The Morgan fingerprint density at radius 3 is 2.50 bits per heavy atom. The zero-order chi connectivity index (χ0) is 12.0. The second kappa shape index (κ2) is 5.55. The average molecular weight is 222 g/mol. The highest BCUT2D eigenvalue weighted by Gasteiger charge is 2.07. The summed E-state index contributed by atoms with van der Waals surface area (Å²) in [5.74, 6) is -1.07. The first-order chi connectivity index (χ1) is 7.61. The number of benzene rings is 1. The summed E-state index contributed by atoms with van der Waals surface area (Å²) < 4.78 is 9.27. The third kappa shape index (κ3) is 3.83. The molecule has 1 rings (SSSR count). The second-order valence-electron chi connectivity index (χ2n) is 2.78. The van der Waals surface area contributed by atoms with Gasteiger partial charge in [0, 0.05) is 6.08 Å². The number of carbonyl (C=O) groups excluding carboxylic acids is 2. The fourth-order valence-corrected chi connectivity index (χ4v) is 0.864. The summed E-state index contributed by atoms with van der Waals surface area (Å²) in [7, 11) is 0. The molecule has 1 aromatic rings. The van der Waals surface area contributed by atoms with Crippen LogP contribution in [0.5, 0.6) is 11.5 Å². The van der Waals surface area contributed by atoms with Gasteiger partial charge in [0.25, 0.3) is 0 Å². The van der Waals surface area contributed by atoms with Crippen LogP contribution in [-0.4, -0.2) is 23.7 Å². The minimum absolute atomic E-state index is 0.0675. The van der Waals surface area contributed by atoms with Gasteiger partial charge in [-0.25, -0.2) is 9.59 Å². The van der Waals surface area contributed by atoms with Gasteiger partial charge >= 0.3 is 11.9 Å². The van der Waals surface area contributed by atoms with Gasteiger partial charge in [-0.3, -0.25) is 0 Å². The van der Waals surface area contributed by atoms with Gasteiger partial charge in [-0.1, -0.05) is 6.58 Å². The van der Waals surface area contributed by atoms with Gasteiger partial charge in [0.1, 0.15) is 11.5 Å². The molecule has 0 aliphatic carbocycles. The van der Waals surface area contributed by atoms with E-state index < -0.39 is 18.5 Å². The molecule has 0 radical (unpaired) electrons. The van der Waals surface area contributed by atoms with E-state index in [4.69, 9.17) is 9.84 Å². The summed E-state index contributed by atoms with van der Waals surface area (Å²) in [5, 5.41) is 8.98. The summed E-state index contributed by atoms with van der Waals surface area (Å²) >= 11 is 0. The van der Waals surface area contributed by atoms with E-state index in [9.17, 15) is 9.59 Å². The molecule has 0 atom stereocenters. The molecule has 0 amide bonds. The molecule has 0 aliphatic rings. The van der Waals surface area contributed by atoms with Gasteiger partial charge in [-0.2, -0.15) is 0 Å². The van der Waals surface area contributed by atoms with E-state index in [1.807, 2.05) is 0 Å². The summed E-state index contributed by atoms with van der Waals surface area (Å²) in [4.78, 5) is 21.8. The summed E-state index contributed by atoms with van der Waals surface area (Å²) in [6, 6.07) is 5.59. The van der Waals surface area contributed by atoms with E-state index in [1.54, 1.807) is 0 Å². The van der Waals surface area contributed by atoms with E-state index >= 15 is 0 Å². The van der Waals surface area contributed by atoms with Crippen molar-refractivity contribution in [3.63, 3.8) is 0 Å². The van der Waals surface area contributed by atoms with Gasteiger partial charge in [0.15, 0.2) is 6.61 Å². The number of phenolic OH excluding ortho intramolecular Hbond substituents is 1. The average Bonchev–Trinajstić information content (AvgIpc) is 2.29. The van der Waals surface area contributed by atoms with Crippen LogP contribution in [0, 0.1) is 0 Å². The zero-order valence-electron chi connectivity index (χ0n) is 8.38. The van der Waals surface area contributed by atoms with Gasteiger partial charge in [0.05, 0.1) is 0 Å². The lowest BCUT2D eigenvalue weighted by Crippen LogP contribution is -2.17. The van der Waals surface area contributed by atoms with Crippen LogP contribution in [0.4, 0.5) is 0 Å². The monoisotopic (exact) mass is 222 g/mol. The van der Waals surface area contributed by atoms with Crippen LogP contribution < -0.4 is 4.74 Å². The largest absolute Gasteiger partial charge is 0.508 e. The molecule has 0 spiro atoms. The van der Waals surface area contributed by atoms with Crippen molar-refractivity contribution in [2.45, 2.75) is 0 Å². The van der Waals surface area contributed by atoms with Gasteiger partial charge in [-0.05, 0) is 24.3 Å². The van der Waals surface area contributed by atoms with Crippen molar-refractivity contribution in [3.05, 3.63) is 36.9 Å². The quantitative estimate of drug-likeness (QED) is 0.468. The Morgan fingerprint density at radius 1 is 1.31 bits per heavy atom. The van der Waals surface area contributed by atoms with E-state index in [2.05, 4.69) is 11.3 Å². The molecule has 84 valence electrons. The van der Waals surface area contributed by atoms with Crippen LogP contribution in [0.2, 0.25) is 0 Å². The molecule has 0 saturated heterocycles. The Morgan fingerprint density at radius 2 is 1.94 bits per heavy atom. The lowest BCUT2D eigenvalue weighted by Gasteiger charge is -2.04. The number of hydrogen-bond acceptors (Lipinski definition) is 5. The predicted molar refractivity (Wildman–Crippen MR) is 54.9 cm³/mol. The Bertz CT molecular complexity index is 393. The number of rotatable bonds is 4. The maximum Gasteiger partial charge on any atom is 0.349 e. The summed E-state index contributed by atoms with van der Waals surface area (Å²) in [6.45, 7) is 2.70. The number of hydrogen-bond donors (Lipinski definition) is 1. The second-order valence-corrected chi connectivity index (χ2v) is 2.78. The highest BCUT2D eigenvalue weighted by molar-refractivity contribution is 5.84. The van der Waals surface area contributed by atoms with Crippen molar-refractivity contribution in [2.24, 2.45) is 0 Å². The maximum atomic E-state index is 11.1. The molecule has 5 nitrogen and oxygen atoms in total. The number of aromatic hydroxyl groups is 1. The molecule has 0 fully saturated rings. The number of esters is 2. The molecule has 16 heavy (non-hydrogen) atoms. The Hall–Kier alpha value is -2.30. The van der Waals surface area contributed by atoms with Crippen molar-refractivity contribution >= 4 is 11.9 Å². The topological polar surface area (TPSA) is 72.8 Å². The third-order valence-corrected chi connectivity index (χ3v) is 1.57. The molecule has 5 heteroatoms. The number of ether oxygens (including phenoxy) is 2. The molecule has 0 aromatic heterocycles. The summed E-state index contributed by atoms with van der Waals surface area (Å²) in [5.41, 5.74) is 0. The van der Waals surface area contributed by atoms with Gasteiger partial charge in [-0.15, -0.1) is 0 Å². The molecule has 0 aliphatic heterocycles. The van der Waals surface area contributed by atoms with E-state index in [0.717, 1.165) is 6.08 Å². The predicted octanol–water partition coefficient (Wildman–Crippen LogP) is 1.03. The zero-order valence-corrected chi connectivity index (χ0v) is 8.38. The maximum absolute atomic E-state index is 11.1. The minimum Gasteiger partial charge on any atom is -0.508 e. The fraction of sp³-hybridized carbons (Fsp3) is 0.0909. The summed E-state index contributed by atoms with van der Waals surface area (Å²) in [6.07, 6.45) is 0.952. The number of phenols is 1. The lowest BCUT2D eigenvalue weighted by atomic mass is 10.3. The fourth-order valence-electron chi connectivity index (χ4n) is 0.864. The number of carbonyl (C=O) groups is 2. The molecule has 0 unspecified atom stereocenters. The van der Waals surface area contributed by atoms with E-state index in [0.29, 0.717) is 0 Å². The van der Waals surface area contributed by atoms with E-state index in [-0.39, 0.29) is 11.5 Å². The Balaban J connectivity index is 2.42. The van der Waals surface area contributed by atoms with Crippen molar-refractivity contribution in [3.8, 4) is 11.5 Å². The normalized spacial score (nSPS) is 9.25. The lowest BCUT2D eigenvalue weighted by molar-refractivity contribution is -0.150. The van der Waals surface area contributed by atoms with E-state index in [1.165, 1.54) is 24.3 Å². The van der Waals surface area contributed by atoms with Crippen molar-refractivity contribution in [1.29, 1.82) is 0 Å². The SMILES string of the molecule is C=CC(=O)OCC(=O)Oc1ccc(O)cc1. The molecule has 1 N–H and O–H groups in total. The van der Waals surface area contributed by atoms with Crippen LogP contribution >= 0.6 is 0 Å². The van der Waals surface area contributed by atoms with Crippen LogP contribution in [-0.2, 0) is 14.3 Å². The molecule has 0 saturated carbocycles. The first kappa shape index (κ1) is 11.8. The Labute approximate surface area is 91.9 Å². The first-order valence-corrected chi connectivity index (χ1v) is 4.40. The standard InChI is InChI=1S/C11H10O5/c1-2-10(13)15-7-11(14)16-9-5-3-8(12)4-6-9/h2-6,12H,1,7H2. The highest BCUT2D eigenvalue weighted by atomic mass is 16.6. The molecular formula is C11H10O5. The van der Waals surface area contributed by atoms with Gasteiger partial charge in [0.2, 0.25) is 0 Å². The van der Waals surface area contributed by atoms with Crippen LogP contribution in [0.25, 0.3) is 0 Å². The van der Waals surface area contributed by atoms with Crippen LogP contribution in [0.3, 0.4) is 0 Å². The van der Waals surface area contributed by atoms with Gasteiger partial charge < -0.3 is 14.6 Å².